The Labute approximate surface area is 245 Å². The van der Waals surface area contributed by atoms with Gasteiger partial charge in [-0.05, 0) is 71.1 Å². The third kappa shape index (κ3) is 5.14. The van der Waals surface area contributed by atoms with Crippen LogP contribution in [-0.4, -0.2) is 51.9 Å². The molecule has 4 aromatic rings. The highest BCUT2D eigenvalue weighted by Crippen LogP contribution is 2.65. The van der Waals surface area contributed by atoms with Gasteiger partial charge in [-0.15, -0.1) is 0 Å². The van der Waals surface area contributed by atoms with E-state index in [9.17, 15) is 18.0 Å². The fraction of sp³-hybridized carbons (Fsp3) is 0.281. The van der Waals surface area contributed by atoms with Gasteiger partial charge < -0.3 is 15.2 Å². The minimum absolute atomic E-state index is 0.0838. The van der Waals surface area contributed by atoms with Crippen molar-refractivity contribution in [2.75, 3.05) is 19.0 Å². The van der Waals surface area contributed by atoms with Crippen LogP contribution in [0.3, 0.4) is 0 Å². The second kappa shape index (κ2) is 10.6. The number of halogens is 3. The minimum atomic E-state index is -5.08. The smallest absolute Gasteiger partial charge is 0.490 e. The maximum Gasteiger partial charge on any atom is 0.490 e. The summed E-state index contributed by atoms with van der Waals surface area (Å²) in [5.41, 5.74) is 8.56. The van der Waals surface area contributed by atoms with Crippen molar-refractivity contribution < 1.29 is 32.6 Å². The molecule has 11 heteroatoms. The summed E-state index contributed by atoms with van der Waals surface area (Å²) < 4.78 is 37.2. The van der Waals surface area contributed by atoms with Gasteiger partial charge in [-0.3, -0.25) is 14.8 Å². The largest absolute Gasteiger partial charge is 0.497 e. The quantitative estimate of drug-likeness (QED) is 0.260. The van der Waals surface area contributed by atoms with Crippen molar-refractivity contribution in [1.82, 2.24) is 15.1 Å². The number of nitrogens with zero attached hydrogens (tertiary/aromatic N) is 2. The van der Waals surface area contributed by atoms with Crippen molar-refractivity contribution in [2.45, 2.75) is 43.9 Å². The van der Waals surface area contributed by atoms with E-state index in [-0.39, 0.29) is 11.8 Å². The molecule has 0 saturated heterocycles. The van der Waals surface area contributed by atoms with Crippen molar-refractivity contribution in [1.29, 1.82) is 0 Å². The van der Waals surface area contributed by atoms with E-state index < -0.39 is 17.6 Å². The molecule has 1 saturated carbocycles. The number of carboxylic acid groups (broad SMARTS) is 1. The number of amides is 1. The summed E-state index contributed by atoms with van der Waals surface area (Å²) >= 11 is 0. The monoisotopic (exact) mass is 590 g/mol. The number of carboxylic acids is 1. The summed E-state index contributed by atoms with van der Waals surface area (Å²) in [5.74, 6) is -1.75. The topological polar surface area (TPSA) is 108 Å². The highest BCUT2D eigenvalue weighted by molar-refractivity contribution is 6.10. The summed E-state index contributed by atoms with van der Waals surface area (Å²) in [6, 6.07) is 19.0. The van der Waals surface area contributed by atoms with Crippen molar-refractivity contribution >= 4 is 40.6 Å². The second-order valence-corrected chi connectivity index (χ2v) is 11.0. The summed E-state index contributed by atoms with van der Waals surface area (Å²) in [4.78, 5) is 24.4. The Bertz CT molecular complexity index is 1780. The number of benzene rings is 3. The first-order valence-electron chi connectivity index (χ1n) is 13.8. The van der Waals surface area contributed by atoms with Crippen LogP contribution in [0.15, 0.2) is 54.6 Å². The lowest BCUT2D eigenvalue weighted by Gasteiger charge is -2.10. The molecule has 0 unspecified atom stereocenters. The van der Waals surface area contributed by atoms with E-state index in [0.29, 0.717) is 0 Å². The van der Waals surface area contributed by atoms with Gasteiger partial charge in [0, 0.05) is 30.1 Å². The Balaban J connectivity index is 0.000000423. The molecule has 2 atom stereocenters. The first-order chi connectivity index (χ1) is 20.5. The number of carbonyl (C=O) groups excluding carboxylic acids is 1. The van der Waals surface area contributed by atoms with Crippen LogP contribution in [-0.2, 0) is 28.1 Å². The fourth-order valence-electron chi connectivity index (χ4n) is 6.09. The van der Waals surface area contributed by atoms with Gasteiger partial charge in [0.25, 0.3) is 0 Å². The zero-order chi connectivity index (χ0) is 30.5. The Morgan fingerprint density at radius 1 is 1.12 bits per heavy atom. The van der Waals surface area contributed by atoms with Gasteiger partial charge in [0.1, 0.15) is 5.75 Å². The molecule has 1 amide bonds. The number of anilines is 1. The van der Waals surface area contributed by atoms with Crippen molar-refractivity contribution in [2.24, 2.45) is 0 Å². The first-order valence-corrected chi connectivity index (χ1v) is 13.8. The maximum atomic E-state index is 13.0. The van der Waals surface area contributed by atoms with Gasteiger partial charge in [0.05, 0.1) is 23.7 Å². The number of hydrogen-bond acceptors (Lipinski definition) is 5. The summed E-state index contributed by atoms with van der Waals surface area (Å²) in [6.07, 6.45) is -0.0565. The average Bonchev–Trinajstić information content (AvgIpc) is 3.25. The maximum absolute atomic E-state index is 13.0. The number of ether oxygens (including phenoxy) is 1. The van der Waals surface area contributed by atoms with Gasteiger partial charge in [-0.25, -0.2) is 4.79 Å². The predicted octanol–water partition coefficient (Wildman–Crippen LogP) is 6.09. The number of carbonyl (C=O) groups is 2. The number of aromatic nitrogens is 2. The van der Waals surface area contributed by atoms with Gasteiger partial charge in [0.15, 0.2) is 0 Å². The zero-order valence-electron chi connectivity index (χ0n) is 23.5. The van der Waals surface area contributed by atoms with E-state index >= 15 is 0 Å². The fourth-order valence-corrected chi connectivity index (χ4v) is 6.09. The van der Waals surface area contributed by atoms with Crippen LogP contribution in [0.4, 0.5) is 18.9 Å². The predicted molar refractivity (Wildman–Crippen MR) is 156 cm³/mol. The summed E-state index contributed by atoms with van der Waals surface area (Å²) in [5, 5.41) is 19.1. The van der Waals surface area contributed by atoms with E-state index in [1.165, 1.54) is 16.7 Å². The van der Waals surface area contributed by atoms with Gasteiger partial charge in [-0.2, -0.15) is 18.3 Å². The lowest BCUT2D eigenvalue weighted by atomic mass is 9.91. The molecular weight excluding hydrogens is 561 g/mol. The first kappa shape index (κ1) is 28.5. The number of alkyl halides is 3. The number of H-pyrrole nitrogens is 1. The van der Waals surface area contributed by atoms with Gasteiger partial charge in [0.2, 0.25) is 5.91 Å². The number of aliphatic carboxylic acids is 1. The van der Waals surface area contributed by atoms with Crippen LogP contribution < -0.4 is 10.1 Å². The molecule has 3 heterocycles. The molecule has 1 fully saturated rings. The minimum Gasteiger partial charge on any atom is -0.497 e. The molecule has 3 N–H and O–H groups in total. The molecule has 3 aliphatic rings. The number of aromatic amines is 1. The van der Waals surface area contributed by atoms with Crippen LogP contribution in [0.2, 0.25) is 0 Å². The Hall–Kier alpha value is -4.64. The van der Waals surface area contributed by atoms with Crippen molar-refractivity contribution in [3.05, 3.63) is 88.1 Å². The standard InChI is InChI=1S/C30H28N4O2.C2HF3O2/c1-3-34-16-20-6-4-18(12-21(20)17-34)5-10-26-23-9-7-19(13-28(23)33-32-26)25-15-30(25)24-14-22(36-2)8-11-27(24)31-29(30)35;3-2(4,5)1(6)7/h4-14,25H,3,15-17H2,1-2H3,(H,31,35)(H,32,33);(H,6,7)/b10-5+;/t25-,30-;/m0./s1. The van der Waals surface area contributed by atoms with Crippen LogP contribution in [0, 0.1) is 0 Å². The van der Waals surface area contributed by atoms with Crippen LogP contribution in [0.5, 0.6) is 5.75 Å². The zero-order valence-corrected chi connectivity index (χ0v) is 23.5. The second-order valence-electron chi connectivity index (χ2n) is 11.0. The summed E-state index contributed by atoms with van der Waals surface area (Å²) in [7, 11) is 1.66. The molecule has 0 bridgehead atoms. The van der Waals surface area contributed by atoms with Crippen molar-refractivity contribution in [3.8, 4) is 5.75 Å². The normalized spacial score (nSPS) is 20.6. The van der Waals surface area contributed by atoms with E-state index in [1.807, 2.05) is 18.2 Å². The van der Waals surface area contributed by atoms with E-state index in [4.69, 9.17) is 14.6 Å². The molecule has 1 spiro atoms. The SMILES string of the molecule is CCN1Cc2ccc(/C=C/c3n[nH]c4cc([C@@H]5C[C@@]56C(=O)Nc5ccc(OC)cc56)ccc34)cc2C1.O=C(O)C(F)(F)F. The number of hydrogen-bond donors (Lipinski definition) is 3. The molecule has 1 aromatic heterocycles. The Morgan fingerprint density at radius 2 is 1.88 bits per heavy atom. The van der Waals surface area contributed by atoms with Crippen LogP contribution >= 0.6 is 0 Å². The highest BCUT2D eigenvalue weighted by atomic mass is 19.4. The molecule has 7 rings (SSSR count). The molecule has 8 nitrogen and oxygen atoms in total. The summed E-state index contributed by atoms with van der Waals surface area (Å²) in [6.45, 7) is 5.36. The van der Waals surface area contributed by atoms with E-state index in [0.717, 1.165) is 65.2 Å². The number of methoxy groups -OCH3 is 1. The van der Waals surface area contributed by atoms with E-state index in [2.05, 4.69) is 75.9 Å². The molecule has 1 aliphatic carbocycles. The third-order valence-corrected chi connectivity index (χ3v) is 8.48. The third-order valence-electron chi connectivity index (χ3n) is 8.48. The Kier molecular flexibility index (Phi) is 7.00. The number of rotatable bonds is 5. The highest BCUT2D eigenvalue weighted by Gasteiger charge is 2.65. The lowest BCUT2D eigenvalue weighted by Crippen LogP contribution is -2.21. The Morgan fingerprint density at radius 3 is 2.60 bits per heavy atom. The number of nitrogens with one attached hydrogen (secondary N) is 2. The van der Waals surface area contributed by atoms with Crippen LogP contribution in [0.25, 0.3) is 23.1 Å². The number of fused-ring (bicyclic) bond motifs is 4. The molecule has 0 radical (unpaired) electrons. The van der Waals surface area contributed by atoms with E-state index in [1.54, 1.807) is 7.11 Å². The molecule has 222 valence electrons. The van der Waals surface area contributed by atoms with Crippen LogP contribution in [0.1, 0.15) is 52.8 Å². The molecule has 43 heavy (non-hydrogen) atoms. The average molecular weight is 591 g/mol. The van der Waals surface area contributed by atoms with Gasteiger partial charge >= 0.3 is 12.1 Å². The molecule has 3 aromatic carbocycles. The lowest BCUT2D eigenvalue weighted by molar-refractivity contribution is -0.192. The molecule has 2 aliphatic heterocycles. The van der Waals surface area contributed by atoms with Gasteiger partial charge in [-0.1, -0.05) is 43.3 Å². The van der Waals surface area contributed by atoms with Crippen molar-refractivity contribution in [3.63, 3.8) is 0 Å². The molecular formula is C32H29F3N4O4.